The molecule has 3 aliphatic heterocycles. The number of hydrogen-bond donors (Lipinski definition) is 1. The van der Waals surface area contributed by atoms with Gasteiger partial charge < -0.3 is 14.8 Å². The van der Waals surface area contributed by atoms with Gasteiger partial charge in [0.15, 0.2) is 0 Å². The van der Waals surface area contributed by atoms with E-state index in [-0.39, 0.29) is 23.7 Å². The first-order valence-electron chi connectivity index (χ1n) is 12.1. The zero-order valence-electron chi connectivity index (χ0n) is 19.7. The Labute approximate surface area is 201 Å². The Kier molecular flexibility index (Phi) is 6.04. The number of halogens is 1. The van der Waals surface area contributed by atoms with E-state index in [1.807, 2.05) is 25.1 Å². The highest BCUT2D eigenvalue weighted by molar-refractivity contribution is 6.33. The van der Waals surface area contributed by atoms with Crippen LogP contribution in [0.25, 0.3) is 11.1 Å². The van der Waals surface area contributed by atoms with Gasteiger partial charge in [0.1, 0.15) is 11.9 Å². The molecule has 1 aliphatic carbocycles. The fourth-order valence-corrected chi connectivity index (χ4v) is 6.04. The summed E-state index contributed by atoms with van der Waals surface area (Å²) in [5.74, 6) is 1.32. The first-order valence-corrected chi connectivity index (χ1v) is 12.5. The second-order valence-corrected chi connectivity index (χ2v) is 10.7. The van der Waals surface area contributed by atoms with Crippen molar-refractivity contribution in [3.63, 3.8) is 0 Å². The standard InChI is InChI=1S/C27H33ClN2O3/c1-4-32-20-6-8-23(28)22(14-20)18-5-7-21-19(13-18)15-27(2,3)25(21)29-26(31)33-24-16-30-11-9-17(24)10-12-30/h5-8,13-14,17,24-25H,4,9-12,15-16H2,1-3H3,(H,29,31)/t24-,25?/m1/s1. The van der Waals surface area contributed by atoms with E-state index in [9.17, 15) is 4.79 Å². The number of fused-ring (bicyclic) bond motifs is 4. The average molecular weight is 469 g/mol. The minimum absolute atomic E-state index is 0.0126. The number of piperidine rings is 3. The van der Waals surface area contributed by atoms with Gasteiger partial charge in [-0.1, -0.05) is 43.6 Å². The van der Waals surface area contributed by atoms with Gasteiger partial charge in [-0.25, -0.2) is 4.79 Å². The smallest absolute Gasteiger partial charge is 0.407 e. The topological polar surface area (TPSA) is 50.8 Å². The van der Waals surface area contributed by atoms with Gasteiger partial charge in [0.2, 0.25) is 0 Å². The number of rotatable bonds is 5. The minimum Gasteiger partial charge on any atom is -0.494 e. The number of amides is 1. The van der Waals surface area contributed by atoms with Gasteiger partial charge in [-0.15, -0.1) is 0 Å². The molecule has 0 saturated carbocycles. The molecule has 33 heavy (non-hydrogen) atoms. The third-order valence-corrected chi connectivity index (χ3v) is 7.89. The van der Waals surface area contributed by atoms with Crippen molar-refractivity contribution in [3.8, 4) is 16.9 Å². The van der Waals surface area contributed by atoms with E-state index in [0.29, 0.717) is 17.5 Å². The molecule has 2 aromatic rings. The normalized spacial score (nSPS) is 27.2. The average Bonchev–Trinajstić information content (AvgIpc) is 3.04. The highest BCUT2D eigenvalue weighted by Gasteiger charge is 2.42. The molecule has 2 atom stereocenters. The van der Waals surface area contributed by atoms with E-state index in [2.05, 4.69) is 42.3 Å². The zero-order chi connectivity index (χ0) is 23.2. The number of hydrogen-bond acceptors (Lipinski definition) is 4. The molecule has 3 fully saturated rings. The number of carbonyl (C=O) groups excluding carboxylic acids is 1. The summed E-state index contributed by atoms with van der Waals surface area (Å²) in [5, 5.41) is 3.90. The summed E-state index contributed by atoms with van der Waals surface area (Å²) in [4.78, 5) is 15.3. The Morgan fingerprint density at radius 1 is 1.18 bits per heavy atom. The van der Waals surface area contributed by atoms with E-state index in [4.69, 9.17) is 21.1 Å². The highest BCUT2D eigenvalue weighted by Crippen LogP contribution is 2.47. The van der Waals surface area contributed by atoms with Crippen LogP contribution in [0, 0.1) is 11.3 Å². The molecule has 3 saturated heterocycles. The summed E-state index contributed by atoms with van der Waals surface area (Å²) in [6.45, 7) is 10.1. The maximum atomic E-state index is 12.9. The summed E-state index contributed by atoms with van der Waals surface area (Å²) in [6, 6.07) is 12.1. The monoisotopic (exact) mass is 468 g/mol. The van der Waals surface area contributed by atoms with Crippen molar-refractivity contribution in [1.82, 2.24) is 10.2 Å². The molecule has 3 heterocycles. The van der Waals surface area contributed by atoms with Crippen LogP contribution in [0.1, 0.15) is 50.8 Å². The first kappa shape index (κ1) is 22.5. The predicted octanol–water partition coefficient (Wildman–Crippen LogP) is 5.85. The molecular formula is C27H33ClN2O3. The minimum atomic E-state index is -0.295. The highest BCUT2D eigenvalue weighted by atomic mass is 35.5. The van der Waals surface area contributed by atoms with Crippen LogP contribution in [-0.2, 0) is 11.2 Å². The molecule has 1 N–H and O–H groups in total. The zero-order valence-corrected chi connectivity index (χ0v) is 20.5. The molecular weight excluding hydrogens is 436 g/mol. The molecule has 176 valence electrons. The Hall–Kier alpha value is -2.24. The number of nitrogens with zero attached hydrogens (tertiary/aromatic N) is 1. The molecule has 2 aromatic carbocycles. The van der Waals surface area contributed by atoms with Crippen molar-refractivity contribution in [1.29, 1.82) is 0 Å². The lowest BCUT2D eigenvalue weighted by Gasteiger charge is -2.44. The number of nitrogens with one attached hydrogen (secondary N) is 1. The molecule has 1 unspecified atom stereocenters. The summed E-state index contributed by atoms with van der Waals surface area (Å²) in [6.07, 6.45) is 2.86. The Morgan fingerprint density at radius 3 is 2.67 bits per heavy atom. The van der Waals surface area contributed by atoms with Crippen molar-refractivity contribution in [3.05, 3.63) is 52.5 Å². The van der Waals surface area contributed by atoms with Crippen molar-refractivity contribution >= 4 is 17.7 Å². The maximum Gasteiger partial charge on any atom is 0.407 e. The molecule has 0 aromatic heterocycles. The molecule has 6 rings (SSSR count). The van der Waals surface area contributed by atoms with Gasteiger partial charge in [0.05, 0.1) is 12.6 Å². The quantitative estimate of drug-likeness (QED) is 0.598. The predicted molar refractivity (Wildman–Crippen MR) is 131 cm³/mol. The third-order valence-electron chi connectivity index (χ3n) is 7.56. The molecule has 6 heteroatoms. The van der Waals surface area contributed by atoms with E-state index >= 15 is 0 Å². The molecule has 0 spiro atoms. The third kappa shape index (κ3) is 4.45. The van der Waals surface area contributed by atoms with E-state index in [0.717, 1.165) is 61.3 Å². The van der Waals surface area contributed by atoms with Crippen LogP contribution in [0.15, 0.2) is 36.4 Å². The van der Waals surface area contributed by atoms with E-state index in [1.165, 1.54) is 5.56 Å². The largest absolute Gasteiger partial charge is 0.494 e. The molecule has 0 radical (unpaired) electrons. The van der Waals surface area contributed by atoms with Gasteiger partial charge in [0.25, 0.3) is 0 Å². The van der Waals surface area contributed by atoms with Gasteiger partial charge in [-0.2, -0.15) is 0 Å². The van der Waals surface area contributed by atoms with Gasteiger partial charge in [0, 0.05) is 17.1 Å². The van der Waals surface area contributed by atoms with Crippen LogP contribution in [0.3, 0.4) is 0 Å². The van der Waals surface area contributed by atoms with Crippen LogP contribution < -0.4 is 10.1 Å². The SMILES string of the molecule is CCOc1ccc(Cl)c(-c2ccc3c(c2)CC(C)(C)C3NC(=O)O[C@@H]2CN3CCC2CC3)c1. The lowest BCUT2D eigenvalue weighted by molar-refractivity contribution is -0.0348. The summed E-state index contributed by atoms with van der Waals surface area (Å²) >= 11 is 6.52. The Balaban J connectivity index is 1.34. The second-order valence-electron chi connectivity index (χ2n) is 10.3. The van der Waals surface area contributed by atoms with Crippen LogP contribution in [-0.4, -0.2) is 43.3 Å². The van der Waals surface area contributed by atoms with Crippen LogP contribution >= 0.6 is 11.6 Å². The number of carbonyl (C=O) groups is 1. The van der Waals surface area contributed by atoms with Gasteiger partial charge in [-0.3, -0.25) is 4.90 Å². The second kappa shape index (κ2) is 8.84. The fourth-order valence-electron chi connectivity index (χ4n) is 5.81. The van der Waals surface area contributed by atoms with E-state index in [1.54, 1.807) is 0 Å². The summed E-state index contributed by atoms with van der Waals surface area (Å²) < 4.78 is 11.6. The Bertz CT molecular complexity index is 1050. The molecule has 1 amide bonds. The maximum absolute atomic E-state index is 12.9. The van der Waals surface area contributed by atoms with Crippen molar-refractivity contribution in [2.75, 3.05) is 26.2 Å². The van der Waals surface area contributed by atoms with Crippen molar-refractivity contribution in [2.45, 2.75) is 52.2 Å². The lowest BCUT2D eigenvalue weighted by atomic mass is 9.85. The van der Waals surface area contributed by atoms with Crippen LogP contribution in [0.5, 0.6) is 5.75 Å². The number of benzene rings is 2. The number of alkyl carbamates (subject to hydrolysis) is 1. The van der Waals surface area contributed by atoms with Gasteiger partial charge >= 0.3 is 6.09 Å². The van der Waals surface area contributed by atoms with Crippen molar-refractivity contribution < 1.29 is 14.3 Å². The first-order chi connectivity index (χ1) is 15.8. The van der Waals surface area contributed by atoms with Crippen molar-refractivity contribution in [2.24, 2.45) is 11.3 Å². The Morgan fingerprint density at radius 2 is 1.97 bits per heavy atom. The number of ether oxygens (including phenoxy) is 2. The van der Waals surface area contributed by atoms with Gasteiger partial charge in [-0.05, 0) is 85.5 Å². The van der Waals surface area contributed by atoms with E-state index < -0.39 is 0 Å². The fraction of sp³-hybridized carbons (Fsp3) is 0.519. The summed E-state index contributed by atoms with van der Waals surface area (Å²) in [5.41, 5.74) is 4.31. The molecule has 2 bridgehead atoms. The molecule has 5 nitrogen and oxygen atoms in total. The van der Waals surface area contributed by atoms with Crippen LogP contribution in [0.2, 0.25) is 5.02 Å². The van der Waals surface area contributed by atoms with Crippen LogP contribution in [0.4, 0.5) is 4.79 Å². The summed E-state index contributed by atoms with van der Waals surface area (Å²) in [7, 11) is 0. The molecule has 4 aliphatic rings. The lowest BCUT2D eigenvalue weighted by Crippen LogP contribution is -2.53.